The van der Waals surface area contributed by atoms with Crippen molar-refractivity contribution < 1.29 is 9.53 Å². The quantitative estimate of drug-likeness (QED) is 0.857. The number of carbonyl (C=O) groups is 1. The van der Waals surface area contributed by atoms with E-state index in [2.05, 4.69) is 10.6 Å². The van der Waals surface area contributed by atoms with Gasteiger partial charge in [0, 0.05) is 24.3 Å². The minimum atomic E-state index is -0.0751. The summed E-state index contributed by atoms with van der Waals surface area (Å²) in [5.74, 6) is 0.734. The summed E-state index contributed by atoms with van der Waals surface area (Å²) in [6.07, 6.45) is 0. The van der Waals surface area contributed by atoms with Crippen LogP contribution in [-0.2, 0) is 6.54 Å². The number of amides is 1. The summed E-state index contributed by atoms with van der Waals surface area (Å²) in [6.45, 7) is 3.40. The molecule has 0 unspecified atom stereocenters. The summed E-state index contributed by atoms with van der Waals surface area (Å²) >= 11 is 0. The van der Waals surface area contributed by atoms with E-state index in [4.69, 9.17) is 4.74 Å². The van der Waals surface area contributed by atoms with E-state index in [0.717, 1.165) is 23.5 Å². The van der Waals surface area contributed by atoms with Crippen molar-refractivity contribution in [3.05, 3.63) is 59.7 Å². The Morgan fingerprint density at radius 2 is 1.71 bits per heavy atom. The van der Waals surface area contributed by atoms with E-state index in [0.29, 0.717) is 12.1 Å². The number of nitrogens with one attached hydrogen (secondary N) is 2. The van der Waals surface area contributed by atoms with E-state index < -0.39 is 0 Å². The molecule has 2 rings (SSSR count). The molecular formula is C17H20N2O2. The van der Waals surface area contributed by atoms with Crippen LogP contribution in [0.25, 0.3) is 0 Å². The molecule has 2 aromatic carbocycles. The summed E-state index contributed by atoms with van der Waals surface area (Å²) in [4.78, 5) is 12.1. The van der Waals surface area contributed by atoms with Gasteiger partial charge in [-0.25, -0.2) is 0 Å². The fourth-order valence-electron chi connectivity index (χ4n) is 1.97. The first-order valence-corrected chi connectivity index (χ1v) is 6.98. The molecule has 0 aliphatic carbocycles. The Balaban J connectivity index is 1.91. The van der Waals surface area contributed by atoms with E-state index in [-0.39, 0.29) is 5.91 Å². The highest BCUT2D eigenvalue weighted by molar-refractivity contribution is 5.94. The molecule has 0 aliphatic rings. The number of ether oxygens (including phenoxy) is 1. The highest BCUT2D eigenvalue weighted by Crippen LogP contribution is 2.12. The van der Waals surface area contributed by atoms with Gasteiger partial charge >= 0.3 is 0 Å². The number of anilines is 1. The largest absolute Gasteiger partial charge is 0.497 e. The van der Waals surface area contributed by atoms with Gasteiger partial charge in [-0.05, 0) is 48.9 Å². The van der Waals surface area contributed by atoms with Crippen molar-refractivity contribution in [3.63, 3.8) is 0 Å². The molecule has 0 heterocycles. The number of hydrogen-bond acceptors (Lipinski definition) is 3. The van der Waals surface area contributed by atoms with Crippen LogP contribution in [0.15, 0.2) is 48.5 Å². The zero-order chi connectivity index (χ0) is 15.1. The Morgan fingerprint density at radius 1 is 1.05 bits per heavy atom. The van der Waals surface area contributed by atoms with Gasteiger partial charge in [0.2, 0.25) is 0 Å². The molecule has 110 valence electrons. The number of rotatable bonds is 6. The molecule has 4 heteroatoms. The van der Waals surface area contributed by atoms with Crippen LogP contribution in [0.3, 0.4) is 0 Å². The molecular weight excluding hydrogens is 264 g/mol. The number of carbonyl (C=O) groups excluding carboxylic acids is 1. The fraction of sp³-hybridized carbons (Fsp3) is 0.235. The summed E-state index contributed by atoms with van der Waals surface area (Å²) in [7, 11) is 1.63. The Labute approximate surface area is 125 Å². The zero-order valence-corrected chi connectivity index (χ0v) is 12.3. The minimum absolute atomic E-state index is 0.0751. The predicted octanol–water partition coefficient (Wildman–Crippen LogP) is 3.06. The average Bonchev–Trinajstić information content (AvgIpc) is 2.54. The van der Waals surface area contributed by atoms with Crippen molar-refractivity contribution in [2.24, 2.45) is 0 Å². The number of benzene rings is 2. The number of hydrogen-bond donors (Lipinski definition) is 2. The molecule has 0 aliphatic heterocycles. The van der Waals surface area contributed by atoms with Crippen LogP contribution in [0.4, 0.5) is 5.69 Å². The van der Waals surface area contributed by atoms with Crippen LogP contribution in [0.2, 0.25) is 0 Å². The van der Waals surface area contributed by atoms with E-state index in [1.807, 2.05) is 55.5 Å². The molecule has 1 amide bonds. The topological polar surface area (TPSA) is 50.4 Å². The predicted molar refractivity (Wildman–Crippen MR) is 84.8 cm³/mol. The summed E-state index contributed by atoms with van der Waals surface area (Å²) in [6, 6.07) is 15.1. The van der Waals surface area contributed by atoms with Crippen molar-refractivity contribution in [3.8, 4) is 5.75 Å². The molecule has 21 heavy (non-hydrogen) atoms. The molecule has 2 N–H and O–H groups in total. The molecule has 2 aromatic rings. The first kappa shape index (κ1) is 14.9. The van der Waals surface area contributed by atoms with Crippen molar-refractivity contribution in [1.29, 1.82) is 0 Å². The standard InChI is InChI=1S/C17H20N2O2/c1-3-18-15-8-6-14(7-9-15)17(20)19-12-13-4-10-16(21-2)11-5-13/h4-11,18H,3,12H2,1-2H3,(H,19,20). The van der Waals surface area contributed by atoms with Gasteiger partial charge in [-0.1, -0.05) is 12.1 Å². The monoisotopic (exact) mass is 284 g/mol. The molecule has 0 radical (unpaired) electrons. The summed E-state index contributed by atoms with van der Waals surface area (Å²) in [5, 5.41) is 6.10. The molecule has 4 nitrogen and oxygen atoms in total. The lowest BCUT2D eigenvalue weighted by atomic mass is 10.1. The number of methoxy groups -OCH3 is 1. The maximum atomic E-state index is 12.1. The van der Waals surface area contributed by atoms with Crippen molar-refractivity contribution >= 4 is 11.6 Å². The molecule has 0 spiro atoms. The van der Waals surface area contributed by atoms with E-state index in [1.54, 1.807) is 7.11 Å². The smallest absolute Gasteiger partial charge is 0.251 e. The molecule has 0 fully saturated rings. The fourth-order valence-corrected chi connectivity index (χ4v) is 1.97. The second kappa shape index (κ2) is 7.33. The molecule has 0 aromatic heterocycles. The Morgan fingerprint density at radius 3 is 2.29 bits per heavy atom. The van der Waals surface area contributed by atoms with Gasteiger partial charge in [0.1, 0.15) is 5.75 Å². The molecule has 0 saturated carbocycles. The van der Waals surface area contributed by atoms with Crippen molar-refractivity contribution in [2.45, 2.75) is 13.5 Å². The van der Waals surface area contributed by atoms with Crippen LogP contribution in [-0.4, -0.2) is 19.6 Å². The van der Waals surface area contributed by atoms with E-state index >= 15 is 0 Å². The molecule has 0 bridgehead atoms. The average molecular weight is 284 g/mol. The minimum Gasteiger partial charge on any atom is -0.497 e. The highest BCUT2D eigenvalue weighted by atomic mass is 16.5. The Kier molecular flexibility index (Phi) is 5.21. The van der Waals surface area contributed by atoms with Crippen molar-refractivity contribution in [2.75, 3.05) is 19.0 Å². The van der Waals surface area contributed by atoms with Crippen molar-refractivity contribution in [1.82, 2.24) is 5.32 Å². The lowest BCUT2D eigenvalue weighted by Crippen LogP contribution is -2.22. The SMILES string of the molecule is CCNc1ccc(C(=O)NCc2ccc(OC)cc2)cc1. The van der Waals surface area contributed by atoms with E-state index in [9.17, 15) is 4.79 Å². The van der Waals surface area contributed by atoms with Gasteiger partial charge in [-0.15, -0.1) is 0 Å². The van der Waals surface area contributed by atoms with Crippen LogP contribution in [0.1, 0.15) is 22.8 Å². The summed E-state index contributed by atoms with van der Waals surface area (Å²) in [5.41, 5.74) is 2.71. The van der Waals surface area contributed by atoms with Gasteiger partial charge < -0.3 is 15.4 Å². The van der Waals surface area contributed by atoms with Crippen LogP contribution < -0.4 is 15.4 Å². The van der Waals surface area contributed by atoms with Crippen LogP contribution >= 0.6 is 0 Å². The van der Waals surface area contributed by atoms with Crippen LogP contribution in [0, 0.1) is 0 Å². The first-order chi connectivity index (χ1) is 10.2. The van der Waals surface area contributed by atoms with E-state index in [1.165, 1.54) is 0 Å². The third-order valence-corrected chi connectivity index (χ3v) is 3.14. The van der Waals surface area contributed by atoms with Gasteiger partial charge in [0.15, 0.2) is 0 Å². The first-order valence-electron chi connectivity index (χ1n) is 6.98. The second-order valence-electron chi connectivity index (χ2n) is 4.64. The molecule has 0 atom stereocenters. The van der Waals surface area contributed by atoms with Gasteiger partial charge in [0.05, 0.1) is 7.11 Å². The molecule has 0 saturated heterocycles. The highest BCUT2D eigenvalue weighted by Gasteiger charge is 2.05. The maximum Gasteiger partial charge on any atom is 0.251 e. The van der Waals surface area contributed by atoms with Crippen LogP contribution in [0.5, 0.6) is 5.75 Å². The van der Waals surface area contributed by atoms with Gasteiger partial charge in [0.25, 0.3) is 5.91 Å². The Bertz CT molecular complexity index is 577. The third-order valence-electron chi connectivity index (χ3n) is 3.14. The van der Waals surface area contributed by atoms with Gasteiger partial charge in [-0.2, -0.15) is 0 Å². The third kappa shape index (κ3) is 4.24. The second-order valence-corrected chi connectivity index (χ2v) is 4.64. The lowest BCUT2D eigenvalue weighted by molar-refractivity contribution is 0.0951. The maximum absolute atomic E-state index is 12.1. The zero-order valence-electron chi connectivity index (χ0n) is 12.3. The lowest BCUT2D eigenvalue weighted by Gasteiger charge is -2.08. The Hall–Kier alpha value is -2.49. The summed E-state index contributed by atoms with van der Waals surface area (Å²) < 4.78 is 5.10. The van der Waals surface area contributed by atoms with Gasteiger partial charge in [-0.3, -0.25) is 4.79 Å². The normalized spacial score (nSPS) is 10.0.